The molecule has 6 rings (SSSR count). The molecule has 0 fully saturated rings. The fraction of sp³-hybridized carbons (Fsp3) is 0.229. The molecule has 0 N–H and O–H groups in total. The average molecular weight is 689 g/mol. The summed E-state index contributed by atoms with van der Waals surface area (Å²) in [7, 11) is 1.56. The third-order valence-electron chi connectivity index (χ3n) is 7.88. The summed E-state index contributed by atoms with van der Waals surface area (Å²) < 4.78 is 29.9. The summed E-state index contributed by atoms with van der Waals surface area (Å²) in [6.07, 6.45) is 1.55. The van der Waals surface area contributed by atoms with E-state index in [0.717, 1.165) is 32.2 Å². The number of carbonyl (C=O) groups is 1. The van der Waals surface area contributed by atoms with Gasteiger partial charge >= 0.3 is 5.97 Å². The van der Waals surface area contributed by atoms with Gasteiger partial charge in [-0.05, 0) is 75.7 Å². The Balaban J connectivity index is 1.57. The number of nitrogens with zero attached hydrogens (tertiary/aromatic N) is 3. The van der Waals surface area contributed by atoms with Crippen LogP contribution in [0.3, 0.4) is 0 Å². The topological polar surface area (TPSA) is 74.8 Å². The Morgan fingerprint density at radius 3 is 2.56 bits per heavy atom. The number of halogens is 2. The number of benzene rings is 3. The molecule has 2 aromatic heterocycles. The second kappa shape index (κ2) is 12.3. The van der Waals surface area contributed by atoms with Crippen LogP contribution in [-0.4, -0.2) is 28.3 Å². The van der Waals surface area contributed by atoms with Crippen LogP contribution in [0.15, 0.2) is 92.3 Å². The molecule has 0 spiro atoms. The first-order chi connectivity index (χ1) is 21.6. The Morgan fingerprint density at radius 2 is 1.84 bits per heavy atom. The number of ether oxygens (including phenoxy) is 2. The van der Waals surface area contributed by atoms with E-state index < -0.39 is 12.0 Å². The van der Waals surface area contributed by atoms with E-state index in [1.54, 1.807) is 50.6 Å². The number of esters is 1. The SMILES string of the molecule is COc1ccc(Br)cc1[C@H]1C(C(=O)OC(C)C)=C(C)N=c2s/c(=C\c3c(C)n(Cc4ccc(F)cc4)c4ccccc34)c(=O)n21. The van der Waals surface area contributed by atoms with Crippen molar-refractivity contribution in [2.45, 2.75) is 46.4 Å². The van der Waals surface area contributed by atoms with E-state index in [1.165, 1.54) is 23.5 Å². The first-order valence-corrected chi connectivity index (χ1v) is 16.1. The molecule has 5 aromatic rings. The number of fused-ring (bicyclic) bond motifs is 2. The van der Waals surface area contributed by atoms with Crippen LogP contribution < -0.4 is 19.6 Å². The molecule has 1 aliphatic heterocycles. The van der Waals surface area contributed by atoms with Crippen molar-refractivity contribution in [3.05, 3.63) is 130 Å². The molecular weight excluding hydrogens is 657 g/mol. The number of carbonyl (C=O) groups excluding carboxylic acids is 1. The maximum atomic E-state index is 14.4. The summed E-state index contributed by atoms with van der Waals surface area (Å²) in [4.78, 5) is 33.1. The maximum Gasteiger partial charge on any atom is 0.338 e. The fourth-order valence-electron chi connectivity index (χ4n) is 5.82. The van der Waals surface area contributed by atoms with Gasteiger partial charge in [-0.2, -0.15) is 0 Å². The Kier molecular flexibility index (Phi) is 8.37. The van der Waals surface area contributed by atoms with Crippen molar-refractivity contribution in [3.63, 3.8) is 0 Å². The van der Waals surface area contributed by atoms with Crippen molar-refractivity contribution in [1.29, 1.82) is 0 Å². The van der Waals surface area contributed by atoms with E-state index in [4.69, 9.17) is 14.5 Å². The summed E-state index contributed by atoms with van der Waals surface area (Å²) in [6.45, 7) is 7.90. The molecule has 0 radical (unpaired) electrons. The van der Waals surface area contributed by atoms with Gasteiger partial charge in [0, 0.05) is 38.7 Å². The zero-order valence-corrected chi connectivity index (χ0v) is 27.8. The van der Waals surface area contributed by atoms with Crippen molar-refractivity contribution >= 4 is 50.2 Å². The lowest BCUT2D eigenvalue weighted by Gasteiger charge is -2.26. The lowest BCUT2D eigenvalue weighted by atomic mass is 9.95. The van der Waals surface area contributed by atoms with E-state index in [0.29, 0.717) is 32.9 Å². The highest BCUT2D eigenvalue weighted by atomic mass is 79.9. The summed E-state index contributed by atoms with van der Waals surface area (Å²) >= 11 is 4.82. The van der Waals surface area contributed by atoms with Crippen molar-refractivity contribution in [2.75, 3.05) is 7.11 Å². The zero-order valence-electron chi connectivity index (χ0n) is 25.4. The highest BCUT2D eigenvalue weighted by molar-refractivity contribution is 9.10. The average Bonchev–Trinajstić information content (AvgIpc) is 3.45. The van der Waals surface area contributed by atoms with Gasteiger partial charge in [0.1, 0.15) is 17.6 Å². The molecule has 1 aliphatic rings. The van der Waals surface area contributed by atoms with Gasteiger partial charge in [0.15, 0.2) is 4.80 Å². The molecule has 1 atom stereocenters. The molecule has 0 bridgehead atoms. The first kappa shape index (κ1) is 30.7. The van der Waals surface area contributed by atoms with Crippen LogP contribution in [0, 0.1) is 12.7 Å². The van der Waals surface area contributed by atoms with Gasteiger partial charge in [-0.3, -0.25) is 9.36 Å². The van der Waals surface area contributed by atoms with E-state index in [9.17, 15) is 14.0 Å². The molecule has 7 nitrogen and oxygen atoms in total. The number of hydrogen-bond acceptors (Lipinski definition) is 6. The Labute approximate surface area is 271 Å². The number of allylic oxidation sites excluding steroid dienone is 1. The van der Waals surface area contributed by atoms with Gasteiger partial charge in [0.25, 0.3) is 5.56 Å². The summed E-state index contributed by atoms with van der Waals surface area (Å²) in [5.74, 6) is -0.284. The van der Waals surface area contributed by atoms with Crippen LogP contribution in [0.2, 0.25) is 0 Å². The molecular formula is C35H31BrFN3O4S. The first-order valence-electron chi connectivity index (χ1n) is 14.5. The quantitative estimate of drug-likeness (QED) is 0.186. The third kappa shape index (κ3) is 5.68. The number of thiazole rings is 1. The van der Waals surface area contributed by atoms with Gasteiger partial charge in [0.05, 0.1) is 29.0 Å². The molecule has 3 aromatic carbocycles. The lowest BCUT2D eigenvalue weighted by molar-refractivity contribution is -0.143. The third-order valence-corrected chi connectivity index (χ3v) is 9.36. The molecule has 230 valence electrons. The number of para-hydroxylation sites is 1. The van der Waals surface area contributed by atoms with Crippen molar-refractivity contribution in [1.82, 2.24) is 9.13 Å². The molecule has 0 unspecified atom stereocenters. The van der Waals surface area contributed by atoms with Crippen LogP contribution in [0.5, 0.6) is 5.75 Å². The minimum atomic E-state index is -0.817. The van der Waals surface area contributed by atoms with Gasteiger partial charge in [0.2, 0.25) is 0 Å². The maximum absolute atomic E-state index is 14.4. The minimum Gasteiger partial charge on any atom is -0.496 e. The standard InChI is InChI=1S/C35H31BrFN3O4S/c1-19(2)44-34(42)31-20(3)38-35-40(32(31)27-16-23(36)12-15-29(27)43-5)33(41)30(45-35)17-26-21(4)39(28-9-7-6-8-25(26)28)18-22-10-13-24(37)14-11-22/h6-17,19,32H,18H2,1-5H3/b30-17-/t32-/m0/s1. The Morgan fingerprint density at radius 1 is 1.11 bits per heavy atom. The smallest absolute Gasteiger partial charge is 0.338 e. The highest BCUT2D eigenvalue weighted by Crippen LogP contribution is 2.37. The molecule has 3 heterocycles. The lowest BCUT2D eigenvalue weighted by Crippen LogP contribution is -2.40. The molecule has 0 saturated carbocycles. The van der Waals surface area contributed by atoms with Crippen molar-refractivity contribution in [3.8, 4) is 5.75 Å². The summed E-state index contributed by atoms with van der Waals surface area (Å²) in [5, 5.41) is 0.991. The molecule has 45 heavy (non-hydrogen) atoms. The van der Waals surface area contributed by atoms with Crippen LogP contribution in [0.4, 0.5) is 4.39 Å². The fourth-order valence-corrected chi connectivity index (χ4v) is 7.23. The molecule has 0 amide bonds. The number of methoxy groups -OCH3 is 1. The Bertz CT molecular complexity index is 2180. The van der Waals surface area contributed by atoms with Crippen LogP contribution in [0.1, 0.15) is 49.2 Å². The van der Waals surface area contributed by atoms with Crippen LogP contribution in [0.25, 0.3) is 17.0 Å². The second-order valence-corrected chi connectivity index (χ2v) is 13.1. The van der Waals surface area contributed by atoms with Gasteiger partial charge in [-0.15, -0.1) is 0 Å². The highest BCUT2D eigenvalue weighted by Gasteiger charge is 2.35. The van der Waals surface area contributed by atoms with E-state index in [2.05, 4.69) is 20.5 Å². The van der Waals surface area contributed by atoms with Gasteiger partial charge in [-0.25, -0.2) is 14.2 Å². The summed E-state index contributed by atoms with van der Waals surface area (Å²) in [6, 6.07) is 19.2. The van der Waals surface area contributed by atoms with Gasteiger partial charge in [-0.1, -0.05) is 57.6 Å². The van der Waals surface area contributed by atoms with Crippen LogP contribution in [-0.2, 0) is 16.1 Å². The Hall–Kier alpha value is -4.28. The van der Waals surface area contributed by atoms with Crippen LogP contribution >= 0.6 is 27.3 Å². The van der Waals surface area contributed by atoms with E-state index in [-0.39, 0.29) is 23.1 Å². The zero-order chi connectivity index (χ0) is 32.0. The second-order valence-electron chi connectivity index (χ2n) is 11.2. The number of aromatic nitrogens is 2. The number of hydrogen-bond donors (Lipinski definition) is 0. The minimum absolute atomic E-state index is 0.275. The monoisotopic (exact) mass is 687 g/mol. The van der Waals surface area contributed by atoms with E-state index in [1.807, 2.05) is 49.4 Å². The molecule has 0 saturated heterocycles. The largest absolute Gasteiger partial charge is 0.496 e. The molecule has 10 heteroatoms. The van der Waals surface area contributed by atoms with Gasteiger partial charge < -0.3 is 14.0 Å². The molecule has 0 aliphatic carbocycles. The van der Waals surface area contributed by atoms with Crippen molar-refractivity contribution < 1.29 is 18.7 Å². The predicted molar refractivity (Wildman–Crippen MR) is 178 cm³/mol. The van der Waals surface area contributed by atoms with E-state index >= 15 is 0 Å². The normalized spacial score (nSPS) is 15.0. The predicted octanol–water partition coefficient (Wildman–Crippen LogP) is 6.41. The summed E-state index contributed by atoms with van der Waals surface area (Å²) in [5.41, 5.74) is 4.96. The van der Waals surface area contributed by atoms with Crippen molar-refractivity contribution in [2.24, 2.45) is 4.99 Å². The number of rotatable bonds is 7.